The molecule has 0 aliphatic heterocycles. The fraction of sp³-hybridized carbons (Fsp3) is 0.357. The molecule has 0 radical (unpaired) electrons. The third-order valence-corrected chi connectivity index (χ3v) is 7.07. The molecule has 0 unspecified atom stereocenters. The van der Waals surface area contributed by atoms with Crippen molar-refractivity contribution < 1.29 is 38.9 Å². The lowest BCUT2D eigenvalue weighted by molar-refractivity contribution is -0.149. The quantitative estimate of drug-likeness (QED) is 0.180. The minimum Gasteiger partial charge on any atom is -0.493 e. The van der Waals surface area contributed by atoms with Crippen molar-refractivity contribution in [3.05, 3.63) is 68.8 Å². The molecule has 2 amide bonds. The molecule has 0 saturated carbocycles. The van der Waals surface area contributed by atoms with E-state index in [1.807, 2.05) is 28.7 Å². The van der Waals surface area contributed by atoms with Crippen molar-refractivity contribution in [3.8, 4) is 11.5 Å². The molecular formula is C28H31IN2O8. The van der Waals surface area contributed by atoms with Gasteiger partial charge in [0.15, 0.2) is 11.5 Å². The molecule has 3 rings (SSSR count). The second kappa shape index (κ2) is 14.2. The maximum Gasteiger partial charge on any atom is 0.290 e. The Morgan fingerprint density at radius 1 is 1.21 bits per heavy atom. The van der Waals surface area contributed by atoms with E-state index in [0.717, 1.165) is 5.56 Å². The van der Waals surface area contributed by atoms with Crippen LogP contribution in [0, 0.1) is 3.57 Å². The van der Waals surface area contributed by atoms with Crippen molar-refractivity contribution in [2.75, 3.05) is 20.3 Å². The van der Waals surface area contributed by atoms with E-state index in [9.17, 15) is 24.3 Å². The number of halogens is 1. The van der Waals surface area contributed by atoms with Gasteiger partial charge in [0.05, 0.1) is 23.3 Å². The Morgan fingerprint density at radius 2 is 1.92 bits per heavy atom. The number of methoxy groups -OCH3 is 1. The van der Waals surface area contributed by atoms with Crippen LogP contribution in [0.15, 0.2) is 54.1 Å². The molecule has 3 N–H and O–H groups in total. The summed E-state index contributed by atoms with van der Waals surface area (Å²) in [6.45, 7) is 1.34. The molecule has 1 aliphatic rings. The first-order valence-electron chi connectivity index (χ1n) is 12.4. The van der Waals surface area contributed by atoms with Gasteiger partial charge in [-0.1, -0.05) is 37.3 Å². The number of aliphatic hydroxyl groups is 2. The second-order valence-electron chi connectivity index (χ2n) is 8.86. The summed E-state index contributed by atoms with van der Waals surface area (Å²) in [5.41, 5.74) is 1.32. The number of Topliss-reactive ketones (excluding diaryl/α,β-unsaturated/α-hetero) is 1. The Hall–Kier alpha value is -3.29. The zero-order valence-corrected chi connectivity index (χ0v) is 23.8. The number of nitrogens with zero attached hydrogens (tertiary/aromatic N) is 1. The van der Waals surface area contributed by atoms with Gasteiger partial charge >= 0.3 is 0 Å². The minimum atomic E-state index is -1.33. The van der Waals surface area contributed by atoms with Gasteiger partial charge in [0.1, 0.15) is 18.5 Å². The molecule has 0 heterocycles. The Balaban J connectivity index is 2.06. The van der Waals surface area contributed by atoms with E-state index >= 15 is 0 Å². The molecule has 0 fully saturated rings. The highest BCUT2D eigenvalue weighted by Gasteiger charge is 2.42. The highest BCUT2D eigenvalue weighted by atomic mass is 127. The topological polar surface area (TPSA) is 142 Å². The van der Waals surface area contributed by atoms with Crippen LogP contribution in [0.2, 0.25) is 0 Å². The summed E-state index contributed by atoms with van der Waals surface area (Å²) in [4.78, 5) is 51.4. The number of nitrogens with one attached hydrogen (secondary N) is 1. The molecule has 0 bridgehead atoms. The van der Waals surface area contributed by atoms with Crippen molar-refractivity contribution in [1.29, 1.82) is 0 Å². The molecule has 39 heavy (non-hydrogen) atoms. The number of hydrogen-bond donors (Lipinski definition) is 3. The molecule has 2 aromatic rings. The zero-order chi connectivity index (χ0) is 28.5. The predicted molar refractivity (Wildman–Crippen MR) is 150 cm³/mol. The number of hydrogen-bond acceptors (Lipinski definition) is 8. The molecule has 0 saturated heterocycles. The van der Waals surface area contributed by atoms with E-state index in [-0.39, 0.29) is 49.6 Å². The highest BCUT2D eigenvalue weighted by Crippen LogP contribution is 2.37. The van der Waals surface area contributed by atoms with Gasteiger partial charge in [-0.3, -0.25) is 19.2 Å². The Labute approximate surface area is 240 Å². The summed E-state index contributed by atoms with van der Waals surface area (Å²) in [7, 11) is 1.41. The predicted octanol–water partition coefficient (Wildman–Crippen LogP) is 2.04. The average Bonchev–Trinajstić information content (AvgIpc) is 2.96. The molecule has 208 valence electrons. The third kappa shape index (κ3) is 7.43. The molecular weight excluding hydrogens is 619 g/mol. The van der Waals surface area contributed by atoms with Gasteiger partial charge in [0.25, 0.3) is 5.91 Å². The Morgan fingerprint density at radius 3 is 2.54 bits per heavy atom. The number of ether oxygens (including phenoxy) is 2. The molecule has 0 aromatic heterocycles. The minimum absolute atomic E-state index is 0.00871. The van der Waals surface area contributed by atoms with Gasteiger partial charge in [-0.2, -0.15) is 0 Å². The van der Waals surface area contributed by atoms with Crippen molar-refractivity contribution in [2.24, 2.45) is 0 Å². The van der Waals surface area contributed by atoms with Gasteiger partial charge in [0.2, 0.25) is 11.7 Å². The lowest BCUT2D eigenvalue weighted by Gasteiger charge is -2.40. The molecule has 2 aromatic carbocycles. The van der Waals surface area contributed by atoms with Crippen LogP contribution in [0.1, 0.15) is 35.7 Å². The van der Waals surface area contributed by atoms with Crippen LogP contribution in [-0.4, -0.2) is 77.5 Å². The summed E-state index contributed by atoms with van der Waals surface area (Å²) in [6, 6.07) is 11.1. The second-order valence-corrected chi connectivity index (χ2v) is 10.0. The van der Waals surface area contributed by atoms with Crippen LogP contribution in [0.5, 0.6) is 11.5 Å². The highest BCUT2D eigenvalue weighted by molar-refractivity contribution is 14.1. The SMILES string of the molecule is CCC(=O)C(=O)N(Cc1ccccc1)[C@@H]1CC(C(=O)NCCO)=C[C@H](Oc2c(I)cc(C=O)cc2OC)[C@H]1O. The van der Waals surface area contributed by atoms with Crippen LogP contribution < -0.4 is 14.8 Å². The molecule has 0 spiro atoms. The van der Waals surface area contributed by atoms with E-state index in [2.05, 4.69) is 5.32 Å². The summed E-state index contributed by atoms with van der Waals surface area (Å²) in [6.07, 6.45) is -0.392. The number of benzene rings is 2. The number of rotatable bonds is 12. The zero-order valence-electron chi connectivity index (χ0n) is 21.6. The van der Waals surface area contributed by atoms with Gasteiger partial charge in [0, 0.05) is 37.1 Å². The van der Waals surface area contributed by atoms with Crippen molar-refractivity contribution in [2.45, 2.75) is 44.6 Å². The lowest BCUT2D eigenvalue weighted by atomic mass is 9.87. The van der Waals surface area contributed by atoms with Crippen LogP contribution in [0.4, 0.5) is 0 Å². The number of carbonyl (C=O) groups excluding carboxylic acids is 4. The fourth-order valence-corrected chi connectivity index (χ4v) is 5.02. The number of carbonyl (C=O) groups is 4. The maximum absolute atomic E-state index is 13.3. The molecule has 11 heteroatoms. The van der Waals surface area contributed by atoms with Gasteiger partial charge in [-0.05, 0) is 46.4 Å². The van der Waals surface area contributed by atoms with Gasteiger partial charge in [-0.15, -0.1) is 0 Å². The first-order valence-corrected chi connectivity index (χ1v) is 13.5. The molecule has 3 atom stereocenters. The lowest BCUT2D eigenvalue weighted by Crippen LogP contribution is -2.56. The first kappa shape index (κ1) is 30.3. The molecule has 1 aliphatic carbocycles. The fourth-order valence-electron chi connectivity index (χ4n) is 4.27. The van der Waals surface area contributed by atoms with Crippen LogP contribution in [0.3, 0.4) is 0 Å². The Bertz CT molecular complexity index is 1230. The monoisotopic (exact) mass is 650 g/mol. The summed E-state index contributed by atoms with van der Waals surface area (Å²) in [5.74, 6) is -1.41. The number of amides is 2. The first-order chi connectivity index (χ1) is 18.7. The number of aliphatic hydroxyl groups excluding tert-OH is 2. The van der Waals surface area contributed by atoms with E-state index < -0.39 is 35.8 Å². The summed E-state index contributed by atoms with van der Waals surface area (Å²) >= 11 is 1.97. The van der Waals surface area contributed by atoms with Gasteiger partial charge < -0.3 is 29.9 Å². The van der Waals surface area contributed by atoms with Crippen molar-refractivity contribution in [3.63, 3.8) is 0 Å². The van der Waals surface area contributed by atoms with Crippen LogP contribution >= 0.6 is 22.6 Å². The van der Waals surface area contributed by atoms with E-state index in [4.69, 9.17) is 14.6 Å². The number of aldehydes is 1. The average molecular weight is 650 g/mol. The largest absolute Gasteiger partial charge is 0.493 e. The van der Waals surface area contributed by atoms with Gasteiger partial charge in [-0.25, -0.2) is 0 Å². The number of ketones is 1. The summed E-state index contributed by atoms with van der Waals surface area (Å²) < 4.78 is 12.1. The normalized spacial score (nSPS) is 18.5. The smallest absolute Gasteiger partial charge is 0.290 e. The van der Waals surface area contributed by atoms with Crippen LogP contribution in [-0.2, 0) is 20.9 Å². The van der Waals surface area contributed by atoms with E-state index in [1.54, 1.807) is 37.3 Å². The Kier molecular flexibility index (Phi) is 11.0. The standard InChI is InChI=1S/C28H31IN2O8/c1-3-22(34)28(37)31(15-17-7-5-4-6-8-17)21-13-19(27(36)30-9-10-32)14-23(25(21)35)39-26-20(29)11-18(16-33)12-24(26)38-2/h4-8,11-12,14,16,21,23,25,32,35H,3,9-10,13,15H2,1-2H3,(H,30,36)/t21-,23+,25+/m1/s1. The van der Waals surface area contributed by atoms with Crippen LogP contribution in [0.25, 0.3) is 0 Å². The molecule has 10 nitrogen and oxygen atoms in total. The van der Waals surface area contributed by atoms with E-state index in [1.165, 1.54) is 24.2 Å². The summed E-state index contributed by atoms with van der Waals surface area (Å²) in [5, 5.41) is 23.3. The maximum atomic E-state index is 13.3. The van der Waals surface area contributed by atoms with Crippen molar-refractivity contribution in [1.82, 2.24) is 10.2 Å². The van der Waals surface area contributed by atoms with Crippen molar-refractivity contribution >= 4 is 46.5 Å². The van der Waals surface area contributed by atoms with E-state index in [0.29, 0.717) is 15.4 Å². The third-order valence-electron chi connectivity index (χ3n) is 6.27.